The molecule has 1 N–H and O–H groups in total. The van der Waals surface area contributed by atoms with Gasteiger partial charge < -0.3 is 9.88 Å². The van der Waals surface area contributed by atoms with Crippen molar-refractivity contribution in [3.8, 4) is 11.3 Å². The van der Waals surface area contributed by atoms with Crippen LogP contribution in [0.25, 0.3) is 22.0 Å². The van der Waals surface area contributed by atoms with Crippen LogP contribution in [0, 0.1) is 11.7 Å². The lowest BCUT2D eigenvalue weighted by Gasteiger charge is -2.11. The SMILES string of the molecule is Cn1cccc1-c1cc2cc(NC(=O)C3C[C@@H]3F)ncc2c(Cl)c1F. The number of hydrogen-bond donors (Lipinski definition) is 1. The predicted octanol–water partition coefficient (Wildman–Crippen LogP) is 4.33. The third-order valence-electron chi connectivity index (χ3n) is 4.42. The number of aryl methyl sites for hydroxylation is 1. The summed E-state index contributed by atoms with van der Waals surface area (Å²) in [6.45, 7) is 0. The molecular formula is C18H14ClF2N3O. The van der Waals surface area contributed by atoms with Crippen molar-refractivity contribution >= 4 is 34.1 Å². The van der Waals surface area contributed by atoms with E-state index in [4.69, 9.17) is 11.6 Å². The number of pyridine rings is 1. The Hall–Kier alpha value is -2.47. The topological polar surface area (TPSA) is 46.9 Å². The summed E-state index contributed by atoms with van der Waals surface area (Å²) < 4.78 is 29.4. The summed E-state index contributed by atoms with van der Waals surface area (Å²) in [7, 11) is 1.81. The lowest BCUT2D eigenvalue weighted by Crippen LogP contribution is -2.15. The number of alkyl halides is 1. The van der Waals surface area contributed by atoms with Gasteiger partial charge in [0.1, 0.15) is 12.0 Å². The van der Waals surface area contributed by atoms with E-state index in [-0.39, 0.29) is 17.3 Å². The minimum Gasteiger partial charge on any atom is -0.350 e. The summed E-state index contributed by atoms with van der Waals surface area (Å²) in [5.41, 5.74) is 1.04. The maximum absolute atomic E-state index is 14.7. The van der Waals surface area contributed by atoms with E-state index in [0.29, 0.717) is 22.0 Å². The van der Waals surface area contributed by atoms with Crippen molar-refractivity contribution in [2.24, 2.45) is 13.0 Å². The average molecular weight is 362 g/mol. The summed E-state index contributed by atoms with van der Waals surface area (Å²) in [6.07, 6.45) is 2.39. The van der Waals surface area contributed by atoms with Crippen LogP contribution in [-0.4, -0.2) is 21.6 Å². The van der Waals surface area contributed by atoms with Crippen molar-refractivity contribution in [2.75, 3.05) is 5.32 Å². The molecule has 1 saturated carbocycles. The third kappa shape index (κ3) is 2.76. The third-order valence-corrected chi connectivity index (χ3v) is 4.79. The average Bonchev–Trinajstić information content (AvgIpc) is 3.17. The normalized spacial score (nSPS) is 19.2. The van der Waals surface area contributed by atoms with E-state index >= 15 is 0 Å². The molecule has 1 aliphatic carbocycles. The van der Waals surface area contributed by atoms with Crippen LogP contribution in [0.5, 0.6) is 0 Å². The number of carbonyl (C=O) groups is 1. The highest BCUT2D eigenvalue weighted by Crippen LogP contribution is 2.36. The zero-order chi connectivity index (χ0) is 17.7. The number of anilines is 1. The molecule has 1 unspecified atom stereocenters. The monoisotopic (exact) mass is 361 g/mol. The number of amides is 1. The van der Waals surface area contributed by atoms with Gasteiger partial charge in [0, 0.05) is 30.4 Å². The number of hydrogen-bond acceptors (Lipinski definition) is 2. The van der Waals surface area contributed by atoms with Crippen LogP contribution < -0.4 is 5.32 Å². The molecule has 0 spiro atoms. The van der Waals surface area contributed by atoms with Gasteiger partial charge in [0.2, 0.25) is 5.91 Å². The van der Waals surface area contributed by atoms with Crippen molar-refractivity contribution in [2.45, 2.75) is 12.6 Å². The molecule has 7 heteroatoms. The lowest BCUT2D eigenvalue weighted by molar-refractivity contribution is -0.117. The van der Waals surface area contributed by atoms with Gasteiger partial charge in [-0.15, -0.1) is 0 Å². The number of nitrogens with zero attached hydrogens (tertiary/aromatic N) is 2. The number of aromatic nitrogens is 2. The van der Waals surface area contributed by atoms with E-state index in [2.05, 4.69) is 10.3 Å². The van der Waals surface area contributed by atoms with E-state index in [1.807, 2.05) is 19.3 Å². The van der Waals surface area contributed by atoms with Crippen LogP contribution in [0.2, 0.25) is 5.02 Å². The van der Waals surface area contributed by atoms with E-state index in [9.17, 15) is 13.6 Å². The maximum Gasteiger partial charge on any atom is 0.231 e. The molecule has 0 radical (unpaired) electrons. The van der Waals surface area contributed by atoms with Crippen molar-refractivity contribution in [3.05, 3.63) is 47.5 Å². The molecule has 2 heterocycles. The van der Waals surface area contributed by atoms with Crippen LogP contribution >= 0.6 is 11.6 Å². The molecule has 1 aromatic carbocycles. The number of nitrogens with one attached hydrogen (secondary N) is 1. The van der Waals surface area contributed by atoms with Gasteiger partial charge in [0.05, 0.1) is 16.6 Å². The molecule has 25 heavy (non-hydrogen) atoms. The second kappa shape index (κ2) is 5.81. The molecular weight excluding hydrogens is 348 g/mol. The Balaban J connectivity index is 1.77. The highest BCUT2D eigenvalue weighted by Gasteiger charge is 2.43. The van der Waals surface area contributed by atoms with Gasteiger partial charge in [-0.25, -0.2) is 13.8 Å². The fourth-order valence-corrected chi connectivity index (χ4v) is 3.14. The number of carbonyl (C=O) groups excluding carboxylic acids is 1. The minimum absolute atomic E-state index is 0.0231. The van der Waals surface area contributed by atoms with E-state index < -0.39 is 23.8 Å². The molecule has 1 amide bonds. The quantitative estimate of drug-likeness (QED) is 0.754. The fraction of sp³-hybridized carbons (Fsp3) is 0.222. The first kappa shape index (κ1) is 16.0. The van der Waals surface area contributed by atoms with Crippen LogP contribution in [0.4, 0.5) is 14.6 Å². The van der Waals surface area contributed by atoms with Gasteiger partial charge in [-0.05, 0) is 36.1 Å². The molecule has 4 rings (SSSR count). The Morgan fingerprint density at radius 1 is 1.44 bits per heavy atom. The first-order chi connectivity index (χ1) is 12.0. The Morgan fingerprint density at radius 3 is 2.84 bits per heavy atom. The smallest absolute Gasteiger partial charge is 0.231 e. The van der Waals surface area contributed by atoms with Crippen LogP contribution in [0.1, 0.15) is 6.42 Å². The molecule has 0 aliphatic heterocycles. The second-order valence-corrected chi connectivity index (χ2v) is 6.57. The molecule has 4 nitrogen and oxygen atoms in total. The molecule has 3 aromatic rings. The number of fused-ring (bicyclic) bond motifs is 1. The second-order valence-electron chi connectivity index (χ2n) is 6.19. The first-order valence-corrected chi connectivity index (χ1v) is 8.18. The Bertz CT molecular complexity index is 1000. The summed E-state index contributed by atoms with van der Waals surface area (Å²) >= 11 is 6.18. The molecule has 128 valence electrons. The summed E-state index contributed by atoms with van der Waals surface area (Å²) in [5.74, 6) is -1.23. The number of rotatable bonds is 3. The van der Waals surface area contributed by atoms with Crippen molar-refractivity contribution < 1.29 is 13.6 Å². The summed E-state index contributed by atoms with van der Waals surface area (Å²) in [4.78, 5) is 15.9. The molecule has 1 aliphatic rings. The minimum atomic E-state index is -1.08. The molecule has 2 atom stereocenters. The Morgan fingerprint density at radius 2 is 2.20 bits per heavy atom. The summed E-state index contributed by atoms with van der Waals surface area (Å²) in [6, 6.07) is 6.88. The molecule has 0 saturated heterocycles. The zero-order valence-corrected chi connectivity index (χ0v) is 14.0. The van der Waals surface area contributed by atoms with Crippen LogP contribution in [-0.2, 0) is 11.8 Å². The van der Waals surface area contributed by atoms with Crippen LogP contribution in [0.3, 0.4) is 0 Å². The highest BCUT2D eigenvalue weighted by molar-refractivity contribution is 6.36. The van der Waals surface area contributed by atoms with Gasteiger partial charge in [0.15, 0.2) is 5.82 Å². The van der Waals surface area contributed by atoms with E-state index in [1.54, 1.807) is 22.8 Å². The largest absolute Gasteiger partial charge is 0.350 e. The Labute approximate surface area is 147 Å². The van der Waals surface area contributed by atoms with Gasteiger partial charge in [0.25, 0.3) is 0 Å². The summed E-state index contributed by atoms with van der Waals surface area (Å²) in [5, 5.41) is 3.66. The van der Waals surface area contributed by atoms with Crippen molar-refractivity contribution in [3.63, 3.8) is 0 Å². The van der Waals surface area contributed by atoms with Gasteiger partial charge in [-0.1, -0.05) is 11.6 Å². The number of halogens is 3. The highest BCUT2D eigenvalue weighted by atomic mass is 35.5. The number of benzene rings is 1. The van der Waals surface area contributed by atoms with Gasteiger partial charge >= 0.3 is 0 Å². The lowest BCUT2D eigenvalue weighted by atomic mass is 10.1. The zero-order valence-electron chi connectivity index (χ0n) is 13.3. The predicted molar refractivity (Wildman–Crippen MR) is 92.8 cm³/mol. The van der Waals surface area contributed by atoms with Crippen molar-refractivity contribution in [1.82, 2.24) is 9.55 Å². The standard InChI is InChI=1S/C18H14ClF2N3O/c1-24-4-2-3-14(24)11-5-9-6-15(23-18(25)10-7-13(10)20)22-8-12(9)16(19)17(11)21/h2-6,8,10,13H,7H2,1H3,(H,22,23,25)/t10?,13-/m0/s1. The Kier molecular flexibility index (Phi) is 3.72. The van der Waals surface area contributed by atoms with E-state index in [1.165, 1.54) is 6.20 Å². The van der Waals surface area contributed by atoms with E-state index in [0.717, 1.165) is 0 Å². The maximum atomic E-state index is 14.7. The first-order valence-electron chi connectivity index (χ1n) is 7.80. The van der Waals surface area contributed by atoms with Crippen molar-refractivity contribution in [1.29, 1.82) is 0 Å². The van der Waals surface area contributed by atoms with Gasteiger partial charge in [-0.2, -0.15) is 0 Å². The molecule has 1 fully saturated rings. The van der Waals surface area contributed by atoms with Gasteiger partial charge in [-0.3, -0.25) is 4.79 Å². The molecule has 0 bridgehead atoms. The fourth-order valence-electron chi connectivity index (χ4n) is 2.88. The molecule has 2 aromatic heterocycles. The van der Waals surface area contributed by atoms with Crippen LogP contribution in [0.15, 0.2) is 36.7 Å².